The van der Waals surface area contributed by atoms with Crippen LogP contribution < -0.4 is 10.5 Å². The van der Waals surface area contributed by atoms with Gasteiger partial charge < -0.3 is 5.32 Å². The molecule has 1 aromatic rings. The number of hydrogen-bond donors (Lipinski definition) is 2. The van der Waals surface area contributed by atoms with Crippen molar-refractivity contribution in [3.63, 3.8) is 0 Å². The second kappa shape index (κ2) is 7.14. The Bertz CT molecular complexity index is 605. The number of rotatable bonds is 6. The third kappa shape index (κ3) is 4.53. The standard InChI is InChI=1S/C12H16BrFN2O3S/c1-2-3-4-5-16-12(17)8-6-9(14)11(13)10(7-8)20(15,18)19/h6-7H,2-5H2,1H3,(H,16,17)(H2,15,18,19). The molecule has 0 aliphatic rings. The van der Waals surface area contributed by atoms with E-state index in [0.717, 1.165) is 31.4 Å². The van der Waals surface area contributed by atoms with Gasteiger partial charge in [0, 0.05) is 12.1 Å². The highest BCUT2D eigenvalue weighted by molar-refractivity contribution is 9.10. The lowest BCUT2D eigenvalue weighted by Crippen LogP contribution is -2.25. The Morgan fingerprint density at radius 3 is 2.60 bits per heavy atom. The van der Waals surface area contributed by atoms with E-state index in [1.807, 2.05) is 6.92 Å². The summed E-state index contributed by atoms with van der Waals surface area (Å²) < 4.78 is 36.0. The van der Waals surface area contributed by atoms with E-state index >= 15 is 0 Å². The summed E-state index contributed by atoms with van der Waals surface area (Å²) in [5, 5.41) is 7.58. The summed E-state index contributed by atoms with van der Waals surface area (Å²) in [6.45, 7) is 2.49. The number of primary sulfonamides is 1. The minimum Gasteiger partial charge on any atom is -0.352 e. The molecular weight excluding hydrogens is 351 g/mol. The van der Waals surface area contributed by atoms with Gasteiger partial charge in [0.1, 0.15) is 5.82 Å². The van der Waals surface area contributed by atoms with Crippen molar-refractivity contribution in [2.45, 2.75) is 31.1 Å². The lowest BCUT2D eigenvalue weighted by Gasteiger charge is -2.08. The van der Waals surface area contributed by atoms with Crippen LogP contribution in [0.5, 0.6) is 0 Å². The molecule has 0 bridgehead atoms. The van der Waals surface area contributed by atoms with Crippen LogP contribution >= 0.6 is 15.9 Å². The van der Waals surface area contributed by atoms with E-state index in [0.29, 0.717) is 6.54 Å². The molecule has 0 saturated carbocycles. The Kier molecular flexibility index (Phi) is 6.09. The van der Waals surface area contributed by atoms with Gasteiger partial charge in [0.15, 0.2) is 0 Å². The fourth-order valence-corrected chi connectivity index (χ4v) is 3.13. The number of nitrogens with two attached hydrogens (primary N) is 1. The molecule has 0 aromatic heterocycles. The number of hydrogen-bond acceptors (Lipinski definition) is 3. The van der Waals surface area contributed by atoms with Crippen LogP contribution in [0.15, 0.2) is 21.5 Å². The minimum atomic E-state index is -4.11. The zero-order valence-corrected chi connectivity index (χ0v) is 13.4. The second-order valence-electron chi connectivity index (χ2n) is 4.28. The van der Waals surface area contributed by atoms with Gasteiger partial charge >= 0.3 is 0 Å². The van der Waals surface area contributed by atoms with Crippen LogP contribution in [0.3, 0.4) is 0 Å². The maximum Gasteiger partial charge on any atom is 0.251 e. The van der Waals surface area contributed by atoms with Crippen LogP contribution in [-0.4, -0.2) is 20.9 Å². The highest BCUT2D eigenvalue weighted by atomic mass is 79.9. The molecule has 0 heterocycles. The summed E-state index contributed by atoms with van der Waals surface area (Å²) in [6.07, 6.45) is 2.79. The van der Waals surface area contributed by atoms with Crippen LogP contribution in [0, 0.1) is 5.82 Å². The number of carbonyl (C=O) groups excluding carboxylic acids is 1. The summed E-state index contributed by atoms with van der Waals surface area (Å²) >= 11 is 2.81. The number of nitrogens with one attached hydrogen (secondary N) is 1. The molecule has 0 radical (unpaired) electrons. The number of sulfonamides is 1. The van der Waals surface area contributed by atoms with Crippen LogP contribution in [0.1, 0.15) is 36.5 Å². The van der Waals surface area contributed by atoms with E-state index in [4.69, 9.17) is 5.14 Å². The SMILES string of the molecule is CCCCCNC(=O)c1cc(F)c(Br)c(S(N)(=O)=O)c1. The molecule has 0 unspecified atom stereocenters. The van der Waals surface area contributed by atoms with Gasteiger partial charge in [-0.1, -0.05) is 19.8 Å². The first-order valence-corrected chi connectivity index (χ1v) is 8.41. The zero-order valence-electron chi connectivity index (χ0n) is 10.9. The molecule has 8 heteroatoms. The number of halogens is 2. The molecule has 20 heavy (non-hydrogen) atoms. The normalized spacial score (nSPS) is 11.4. The van der Waals surface area contributed by atoms with Crippen molar-refractivity contribution in [1.82, 2.24) is 5.32 Å². The fraction of sp³-hybridized carbons (Fsp3) is 0.417. The molecule has 0 fully saturated rings. The van der Waals surface area contributed by atoms with Gasteiger partial charge in [0.2, 0.25) is 10.0 Å². The molecule has 5 nitrogen and oxygen atoms in total. The van der Waals surface area contributed by atoms with Gasteiger partial charge in [-0.15, -0.1) is 0 Å². The van der Waals surface area contributed by atoms with E-state index in [9.17, 15) is 17.6 Å². The second-order valence-corrected chi connectivity index (χ2v) is 6.60. The zero-order chi connectivity index (χ0) is 15.3. The highest BCUT2D eigenvalue weighted by Crippen LogP contribution is 2.25. The Morgan fingerprint density at radius 2 is 2.05 bits per heavy atom. The molecule has 0 saturated heterocycles. The molecule has 0 atom stereocenters. The summed E-state index contributed by atoms with van der Waals surface area (Å²) in [7, 11) is -4.11. The Hall–Kier alpha value is -0.990. The number of unbranched alkanes of at least 4 members (excludes halogenated alkanes) is 2. The Morgan fingerprint density at radius 1 is 1.40 bits per heavy atom. The molecule has 0 spiro atoms. The Labute approximate surface area is 125 Å². The van der Waals surface area contributed by atoms with Gasteiger partial charge in [-0.3, -0.25) is 4.79 Å². The highest BCUT2D eigenvalue weighted by Gasteiger charge is 2.20. The quantitative estimate of drug-likeness (QED) is 0.755. The third-order valence-corrected chi connectivity index (χ3v) is 4.63. The van der Waals surface area contributed by atoms with E-state index in [-0.39, 0.29) is 10.0 Å². The molecule has 1 aromatic carbocycles. The first-order valence-electron chi connectivity index (χ1n) is 6.07. The van der Waals surface area contributed by atoms with Crippen molar-refractivity contribution in [1.29, 1.82) is 0 Å². The van der Waals surface area contributed by atoms with Crippen LogP contribution in [-0.2, 0) is 10.0 Å². The number of carbonyl (C=O) groups is 1. The molecular formula is C12H16BrFN2O3S. The number of benzene rings is 1. The van der Waals surface area contributed by atoms with Gasteiger partial charge in [0.25, 0.3) is 5.91 Å². The minimum absolute atomic E-state index is 0.0776. The lowest BCUT2D eigenvalue weighted by atomic mass is 10.2. The van der Waals surface area contributed by atoms with Crippen molar-refractivity contribution < 1.29 is 17.6 Å². The first-order chi connectivity index (χ1) is 9.27. The van der Waals surface area contributed by atoms with Crippen LogP contribution in [0.2, 0.25) is 0 Å². The van der Waals surface area contributed by atoms with Crippen molar-refractivity contribution in [3.8, 4) is 0 Å². The van der Waals surface area contributed by atoms with Gasteiger partial charge in [-0.05, 0) is 34.5 Å². The summed E-state index contributed by atoms with van der Waals surface area (Å²) in [4.78, 5) is 11.4. The molecule has 112 valence electrons. The molecule has 3 N–H and O–H groups in total. The summed E-state index contributed by atoms with van der Waals surface area (Å²) in [6, 6.07) is 2.02. The van der Waals surface area contributed by atoms with E-state index in [1.54, 1.807) is 0 Å². The van der Waals surface area contributed by atoms with Gasteiger partial charge in [-0.2, -0.15) is 0 Å². The van der Waals surface area contributed by atoms with E-state index < -0.39 is 26.6 Å². The summed E-state index contributed by atoms with van der Waals surface area (Å²) in [5.41, 5.74) is -0.0776. The third-order valence-electron chi connectivity index (χ3n) is 2.63. The molecule has 1 rings (SSSR count). The average Bonchev–Trinajstić information content (AvgIpc) is 2.36. The first kappa shape index (κ1) is 17.1. The monoisotopic (exact) mass is 366 g/mol. The molecule has 1 amide bonds. The predicted molar refractivity (Wildman–Crippen MR) is 77.3 cm³/mol. The van der Waals surface area contributed by atoms with Gasteiger partial charge in [-0.25, -0.2) is 17.9 Å². The van der Waals surface area contributed by atoms with Crippen molar-refractivity contribution in [2.24, 2.45) is 5.14 Å². The Balaban J connectivity index is 2.97. The average molecular weight is 367 g/mol. The largest absolute Gasteiger partial charge is 0.352 e. The van der Waals surface area contributed by atoms with Crippen molar-refractivity contribution >= 4 is 31.9 Å². The maximum absolute atomic E-state index is 13.6. The fourth-order valence-electron chi connectivity index (χ4n) is 1.58. The van der Waals surface area contributed by atoms with Crippen molar-refractivity contribution in [2.75, 3.05) is 6.54 Å². The topological polar surface area (TPSA) is 89.3 Å². The van der Waals surface area contributed by atoms with E-state index in [1.165, 1.54) is 0 Å². The van der Waals surface area contributed by atoms with Gasteiger partial charge in [0.05, 0.1) is 9.37 Å². The van der Waals surface area contributed by atoms with Crippen molar-refractivity contribution in [3.05, 3.63) is 28.0 Å². The molecule has 0 aliphatic carbocycles. The predicted octanol–water partition coefficient (Wildman–Crippen LogP) is 2.16. The lowest BCUT2D eigenvalue weighted by molar-refractivity contribution is 0.0952. The maximum atomic E-state index is 13.6. The smallest absolute Gasteiger partial charge is 0.251 e. The molecule has 0 aliphatic heterocycles. The van der Waals surface area contributed by atoms with Crippen LogP contribution in [0.4, 0.5) is 4.39 Å². The number of amides is 1. The summed E-state index contributed by atoms with van der Waals surface area (Å²) in [5.74, 6) is -1.38. The van der Waals surface area contributed by atoms with E-state index in [2.05, 4.69) is 21.2 Å². The van der Waals surface area contributed by atoms with Crippen LogP contribution in [0.25, 0.3) is 0 Å².